The Morgan fingerprint density at radius 3 is 3.04 bits per heavy atom. The van der Waals surface area contributed by atoms with Crippen molar-refractivity contribution in [2.24, 2.45) is 10.9 Å². The van der Waals surface area contributed by atoms with Crippen molar-refractivity contribution in [2.75, 3.05) is 51.8 Å². The summed E-state index contributed by atoms with van der Waals surface area (Å²) < 4.78 is 5.44. The Labute approximate surface area is 156 Å². The van der Waals surface area contributed by atoms with Gasteiger partial charge >= 0.3 is 0 Å². The second-order valence-electron chi connectivity index (χ2n) is 7.11. The van der Waals surface area contributed by atoms with Crippen molar-refractivity contribution in [3.8, 4) is 0 Å². The molecule has 26 heavy (non-hydrogen) atoms. The van der Waals surface area contributed by atoms with E-state index in [2.05, 4.69) is 28.3 Å². The SMILES string of the molecule is CN=C(NCCCC(=O)N1CCc2ccccc21)N(C)CC1CCOC1. The third-order valence-corrected chi connectivity index (χ3v) is 5.17. The summed E-state index contributed by atoms with van der Waals surface area (Å²) >= 11 is 0. The van der Waals surface area contributed by atoms with Gasteiger partial charge in [0, 0.05) is 58.4 Å². The first-order valence-corrected chi connectivity index (χ1v) is 9.57. The Balaban J connectivity index is 1.39. The third kappa shape index (κ3) is 4.55. The zero-order valence-electron chi connectivity index (χ0n) is 15.9. The predicted molar refractivity (Wildman–Crippen MR) is 105 cm³/mol. The van der Waals surface area contributed by atoms with E-state index >= 15 is 0 Å². The standard InChI is InChI=1S/C20H30N4O2/c1-21-20(23(2)14-16-10-13-26-15-16)22-11-5-8-19(25)24-12-9-17-6-3-4-7-18(17)24/h3-4,6-7,16H,5,8-15H2,1-2H3,(H,21,22). The number of anilines is 1. The maximum absolute atomic E-state index is 12.5. The molecule has 2 aliphatic heterocycles. The maximum Gasteiger partial charge on any atom is 0.227 e. The number of amides is 1. The van der Waals surface area contributed by atoms with Gasteiger partial charge in [-0.15, -0.1) is 0 Å². The van der Waals surface area contributed by atoms with Crippen LogP contribution in [0.4, 0.5) is 5.69 Å². The molecule has 142 valence electrons. The van der Waals surface area contributed by atoms with E-state index in [1.165, 1.54) is 5.56 Å². The molecule has 1 saturated heterocycles. The second kappa shape index (κ2) is 9.03. The Bertz CT molecular complexity index is 640. The molecule has 1 unspecified atom stereocenters. The maximum atomic E-state index is 12.5. The van der Waals surface area contributed by atoms with Gasteiger partial charge < -0.3 is 19.9 Å². The fraction of sp³-hybridized carbons (Fsp3) is 0.600. The molecular formula is C20H30N4O2. The number of guanidine groups is 1. The summed E-state index contributed by atoms with van der Waals surface area (Å²) in [6.07, 6.45) is 3.44. The minimum atomic E-state index is 0.211. The molecule has 6 nitrogen and oxygen atoms in total. The summed E-state index contributed by atoms with van der Waals surface area (Å²) in [6, 6.07) is 8.19. The highest BCUT2D eigenvalue weighted by Gasteiger charge is 2.23. The highest BCUT2D eigenvalue weighted by atomic mass is 16.5. The largest absolute Gasteiger partial charge is 0.381 e. The van der Waals surface area contributed by atoms with Crippen molar-refractivity contribution in [1.29, 1.82) is 0 Å². The molecule has 1 N–H and O–H groups in total. The number of aliphatic imine (C=N–C) groups is 1. The quantitative estimate of drug-likeness (QED) is 0.479. The van der Waals surface area contributed by atoms with Gasteiger partial charge in [-0.25, -0.2) is 0 Å². The monoisotopic (exact) mass is 358 g/mol. The average molecular weight is 358 g/mol. The van der Waals surface area contributed by atoms with E-state index in [1.54, 1.807) is 7.05 Å². The van der Waals surface area contributed by atoms with Crippen LogP contribution in [0.2, 0.25) is 0 Å². The first kappa shape index (κ1) is 18.7. The number of rotatable bonds is 6. The van der Waals surface area contributed by atoms with Crippen molar-refractivity contribution in [3.05, 3.63) is 29.8 Å². The van der Waals surface area contributed by atoms with Crippen LogP contribution in [0.1, 0.15) is 24.8 Å². The van der Waals surface area contributed by atoms with E-state index < -0.39 is 0 Å². The van der Waals surface area contributed by atoms with Crippen LogP contribution in [-0.4, -0.2) is 63.7 Å². The van der Waals surface area contributed by atoms with Crippen molar-refractivity contribution in [3.63, 3.8) is 0 Å². The van der Waals surface area contributed by atoms with Crippen LogP contribution in [0.3, 0.4) is 0 Å². The number of carbonyl (C=O) groups excluding carboxylic acids is 1. The molecule has 0 radical (unpaired) electrons. The number of benzene rings is 1. The van der Waals surface area contributed by atoms with Crippen LogP contribution < -0.4 is 10.2 Å². The molecular weight excluding hydrogens is 328 g/mol. The molecule has 1 aromatic rings. The van der Waals surface area contributed by atoms with Crippen molar-refractivity contribution >= 4 is 17.6 Å². The van der Waals surface area contributed by atoms with Crippen molar-refractivity contribution in [1.82, 2.24) is 10.2 Å². The molecule has 0 aromatic heterocycles. The fourth-order valence-corrected chi connectivity index (χ4v) is 3.76. The van der Waals surface area contributed by atoms with Crippen LogP contribution in [-0.2, 0) is 16.0 Å². The molecule has 1 aromatic carbocycles. The zero-order valence-corrected chi connectivity index (χ0v) is 15.9. The van der Waals surface area contributed by atoms with Crippen LogP contribution in [0.15, 0.2) is 29.3 Å². The lowest BCUT2D eigenvalue weighted by Crippen LogP contribution is -2.42. The van der Waals surface area contributed by atoms with Gasteiger partial charge in [-0.2, -0.15) is 0 Å². The highest BCUT2D eigenvalue weighted by Crippen LogP contribution is 2.27. The van der Waals surface area contributed by atoms with Gasteiger partial charge in [0.05, 0.1) is 6.61 Å². The highest BCUT2D eigenvalue weighted by molar-refractivity contribution is 5.95. The van der Waals surface area contributed by atoms with E-state index in [1.807, 2.05) is 23.1 Å². The van der Waals surface area contributed by atoms with Crippen LogP contribution in [0, 0.1) is 5.92 Å². The van der Waals surface area contributed by atoms with Crippen LogP contribution in [0.5, 0.6) is 0 Å². The molecule has 1 amide bonds. The summed E-state index contributed by atoms with van der Waals surface area (Å²) in [5.74, 6) is 1.68. The van der Waals surface area contributed by atoms with Gasteiger partial charge in [-0.1, -0.05) is 18.2 Å². The lowest BCUT2D eigenvalue weighted by Gasteiger charge is -2.24. The lowest BCUT2D eigenvalue weighted by atomic mass is 10.1. The van der Waals surface area contributed by atoms with Crippen molar-refractivity contribution < 1.29 is 9.53 Å². The molecule has 0 bridgehead atoms. The van der Waals surface area contributed by atoms with Gasteiger partial charge in [0.15, 0.2) is 5.96 Å². The lowest BCUT2D eigenvalue weighted by molar-refractivity contribution is -0.118. The number of carbonyl (C=O) groups is 1. The number of para-hydroxylation sites is 1. The molecule has 2 aliphatic rings. The van der Waals surface area contributed by atoms with Gasteiger partial charge in [0.2, 0.25) is 5.91 Å². The number of fused-ring (bicyclic) bond motifs is 1. The number of hydrogen-bond acceptors (Lipinski definition) is 3. The van der Waals surface area contributed by atoms with Crippen LogP contribution in [0.25, 0.3) is 0 Å². The molecule has 1 fully saturated rings. The number of nitrogens with zero attached hydrogens (tertiary/aromatic N) is 3. The Hall–Kier alpha value is -2.08. The Morgan fingerprint density at radius 2 is 2.27 bits per heavy atom. The molecule has 0 aliphatic carbocycles. The molecule has 0 saturated carbocycles. The Morgan fingerprint density at radius 1 is 1.42 bits per heavy atom. The van der Waals surface area contributed by atoms with Gasteiger partial charge in [0.1, 0.15) is 0 Å². The normalized spacial score (nSPS) is 19.5. The number of hydrogen-bond donors (Lipinski definition) is 1. The van der Waals surface area contributed by atoms with E-state index in [9.17, 15) is 4.79 Å². The van der Waals surface area contributed by atoms with Gasteiger partial charge in [0.25, 0.3) is 0 Å². The van der Waals surface area contributed by atoms with Crippen molar-refractivity contribution in [2.45, 2.75) is 25.7 Å². The molecule has 0 spiro atoms. The molecule has 1 atom stereocenters. The summed E-state index contributed by atoms with van der Waals surface area (Å²) in [6.45, 7) is 4.21. The summed E-state index contributed by atoms with van der Waals surface area (Å²) in [7, 11) is 3.86. The van der Waals surface area contributed by atoms with Crippen LogP contribution >= 0.6 is 0 Å². The fourth-order valence-electron chi connectivity index (χ4n) is 3.76. The molecule has 6 heteroatoms. The predicted octanol–water partition coefficient (Wildman–Crippen LogP) is 1.90. The summed E-state index contributed by atoms with van der Waals surface area (Å²) in [5.41, 5.74) is 2.36. The second-order valence-corrected chi connectivity index (χ2v) is 7.11. The van der Waals surface area contributed by atoms with E-state index in [0.717, 1.165) is 63.8 Å². The molecule has 2 heterocycles. The average Bonchev–Trinajstić information content (AvgIpc) is 3.31. The minimum Gasteiger partial charge on any atom is -0.381 e. The van der Waals surface area contributed by atoms with Gasteiger partial charge in [-0.3, -0.25) is 9.79 Å². The Kier molecular flexibility index (Phi) is 6.50. The van der Waals surface area contributed by atoms with E-state index in [0.29, 0.717) is 12.3 Å². The number of nitrogens with one attached hydrogen (secondary N) is 1. The summed E-state index contributed by atoms with van der Waals surface area (Å²) in [4.78, 5) is 21.0. The first-order valence-electron chi connectivity index (χ1n) is 9.57. The summed E-state index contributed by atoms with van der Waals surface area (Å²) in [5, 5.41) is 3.37. The zero-order chi connectivity index (χ0) is 18.4. The topological polar surface area (TPSA) is 57.2 Å². The van der Waals surface area contributed by atoms with Gasteiger partial charge in [-0.05, 0) is 30.9 Å². The minimum absolute atomic E-state index is 0.211. The third-order valence-electron chi connectivity index (χ3n) is 5.17. The number of ether oxygens (including phenoxy) is 1. The molecule has 3 rings (SSSR count). The van der Waals surface area contributed by atoms with E-state index in [4.69, 9.17) is 4.74 Å². The van der Waals surface area contributed by atoms with E-state index in [-0.39, 0.29) is 5.91 Å². The smallest absolute Gasteiger partial charge is 0.227 e. The first-order chi connectivity index (χ1) is 12.7.